The molecule has 3 heterocycles. The standard InChI is InChI=1S/C23H22F5N5O4S/c1-22(9-16(25)13-33(22)38(35,36)18-6-3-15(24)4-7-18)21(34)30-10-14-12-32(31-20(14)37-2)17-5-8-19(29-11-17)23(26,27)28/h3-8,11-12,16H,9-10,13H2,1-2H3,(H,30,34)/t16-,22+/m1/s1. The predicted octanol–water partition coefficient (Wildman–Crippen LogP) is 3.24. The van der Waals surface area contributed by atoms with Crippen LogP contribution in [0.15, 0.2) is 53.7 Å². The minimum atomic E-state index is -4.61. The third-order valence-corrected chi connectivity index (χ3v) is 8.11. The maximum Gasteiger partial charge on any atom is 0.433 e. The fourth-order valence-electron chi connectivity index (χ4n) is 4.16. The third kappa shape index (κ3) is 5.20. The van der Waals surface area contributed by atoms with Crippen LogP contribution in [0.4, 0.5) is 22.0 Å². The summed E-state index contributed by atoms with van der Waals surface area (Å²) in [5.74, 6) is -1.41. The zero-order valence-electron chi connectivity index (χ0n) is 20.0. The molecule has 1 fully saturated rings. The van der Waals surface area contributed by atoms with Gasteiger partial charge in [-0.25, -0.2) is 26.9 Å². The van der Waals surface area contributed by atoms with E-state index in [1.54, 1.807) is 0 Å². The average Bonchev–Trinajstić information content (AvgIpc) is 3.43. The second kappa shape index (κ2) is 9.94. The highest BCUT2D eigenvalue weighted by molar-refractivity contribution is 7.89. The van der Waals surface area contributed by atoms with E-state index in [2.05, 4.69) is 15.4 Å². The van der Waals surface area contributed by atoms with Crippen LogP contribution < -0.4 is 10.1 Å². The Bertz CT molecular complexity index is 1430. The van der Waals surface area contributed by atoms with Crippen LogP contribution >= 0.6 is 0 Å². The molecular formula is C23H22F5N5O4S. The van der Waals surface area contributed by atoms with Gasteiger partial charge < -0.3 is 10.1 Å². The van der Waals surface area contributed by atoms with Crippen molar-refractivity contribution < 1.29 is 39.9 Å². The minimum absolute atomic E-state index is 0.0425. The van der Waals surface area contributed by atoms with Crippen molar-refractivity contribution in [1.29, 1.82) is 0 Å². The summed E-state index contributed by atoms with van der Waals surface area (Å²) in [7, 11) is -3.05. The van der Waals surface area contributed by atoms with Crippen LogP contribution in [0.1, 0.15) is 24.6 Å². The van der Waals surface area contributed by atoms with E-state index in [0.717, 1.165) is 46.9 Å². The number of halogens is 5. The lowest BCUT2D eigenvalue weighted by atomic mass is 9.98. The molecule has 204 valence electrons. The largest absolute Gasteiger partial charge is 0.480 e. The number of carbonyl (C=O) groups excluding carboxylic acids is 1. The number of nitrogens with one attached hydrogen (secondary N) is 1. The summed E-state index contributed by atoms with van der Waals surface area (Å²) in [4.78, 5) is 16.3. The molecule has 0 spiro atoms. The van der Waals surface area contributed by atoms with Gasteiger partial charge in [-0.15, -0.1) is 5.10 Å². The Balaban J connectivity index is 1.54. The molecule has 1 amide bonds. The number of rotatable bonds is 7. The van der Waals surface area contributed by atoms with Gasteiger partial charge in [0, 0.05) is 25.7 Å². The smallest absolute Gasteiger partial charge is 0.433 e. The van der Waals surface area contributed by atoms with Gasteiger partial charge >= 0.3 is 6.18 Å². The van der Waals surface area contributed by atoms with Gasteiger partial charge in [-0.3, -0.25) is 4.79 Å². The number of amides is 1. The van der Waals surface area contributed by atoms with Crippen LogP contribution in [0.3, 0.4) is 0 Å². The topological polar surface area (TPSA) is 106 Å². The summed E-state index contributed by atoms with van der Waals surface area (Å²) >= 11 is 0. The van der Waals surface area contributed by atoms with E-state index >= 15 is 0 Å². The molecule has 1 N–H and O–H groups in total. The minimum Gasteiger partial charge on any atom is -0.480 e. The van der Waals surface area contributed by atoms with Gasteiger partial charge in [-0.2, -0.15) is 17.5 Å². The summed E-state index contributed by atoms with van der Waals surface area (Å²) in [5, 5.41) is 6.69. The van der Waals surface area contributed by atoms with Crippen molar-refractivity contribution in [3.05, 3.63) is 65.9 Å². The van der Waals surface area contributed by atoms with Gasteiger partial charge in [0.2, 0.25) is 21.8 Å². The molecule has 1 aromatic carbocycles. The normalized spacial score (nSPS) is 20.4. The SMILES string of the molecule is COc1nn(-c2ccc(C(F)(F)F)nc2)cc1CNC(=O)[C@]1(C)C[C@@H](F)CN1S(=O)(=O)c1ccc(F)cc1. The van der Waals surface area contributed by atoms with Crippen LogP contribution in [0, 0.1) is 5.82 Å². The quantitative estimate of drug-likeness (QED) is 0.446. The molecule has 4 rings (SSSR count). The maximum atomic E-state index is 14.5. The summed E-state index contributed by atoms with van der Waals surface area (Å²) in [6.45, 7) is 0.510. The number of nitrogens with zero attached hydrogens (tertiary/aromatic N) is 4. The number of pyridine rings is 1. The lowest BCUT2D eigenvalue weighted by molar-refractivity contribution is -0.141. The molecular weight excluding hydrogens is 537 g/mol. The van der Waals surface area contributed by atoms with E-state index in [1.165, 1.54) is 24.9 Å². The third-order valence-electron chi connectivity index (χ3n) is 6.11. The van der Waals surface area contributed by atoms with Gasteiger partial charge in [-0.05, 0) is 43.3 Å². The maximum absolute atomic E-state index is 14.5. The number of methoxy groups -OCH3 is 1. The highest BCUT2D eigenvalue weighted by Gasteiger charge is 2.53. The number of benzene rings is 1. The molecule has 2 atom stereocenters. The fourth-order valence-corrected chi connectivity index (χ4v) is 5.94. The van der Waals surface area contributed by atoms with E-state index < -0.39 is 58.3 Å². The molecule has 38 heavy (non-hydrogen) atoms. The van der Waals surface area contributed by atoms with Gasteiger partial charge in [0.15, 0.2) is 0 Å². The molecule has 0 saturated carbocycles. The molecule has 1 aliphatic rings. The molecule has 0 radical (unpaired) electrons. The monoisotopic (exact) mass is 559 g/mol. The van der Waals surface area contributed by atoms with Crippen LogP contribution in [-0.4, -0.2) is 58.8 Å². The van der Waals surface area contributed by atoms with Gasteiger partial charge in [0.25, 0.3) is 0 Å². The Hall–Kier alpha value is -3.59. The first-order valence-electron chi connectivity index (χ1n) is 11.1. The first-order chi connectivity index (χ1) is 17.8. The van der Waals surface area contributed by atoms with Crippen molar-refractivity contribution in [2.45, 2.75) is 42.7 Å². The second-order valence-electron chi connectivity index (χ2n) is 8.76. The van der Waals surface area contributed by atoms with Gasteiger partial charge in [0.1, 0.15) is 23.2 Å². The van der Waals surface area contributed by atoms with Crippen LogP contribution in [0.25, 0.3) is 5.69 Å². The number of hydrogen-bond acceptors (Lipinski definition) is 6. The summed E-state index contributed by atoms with van der Waals surface area (Å²) < 4.78 is 99.6. The number of aromatic nitrogens is 3. The first kappa shape index (κ1) is 27.4. The molecule has 9 nitrogen and oxygen atoms in total. The number of sulfonamides is 1. The molecule has 0 bridgehead atoms. The fraction of sp³-hybridized carbons (Fsp3) is 0.348. The number of carbonyl (C=O) groups is 1. The summed E-state index contributed by atoms with van der Waals surface area (Å²) in [5.41, 5.74) is -2.38. The Morgan fingerprint density at radius 3 is 2.47 bits per heavy atom. The first-order valence-corrected chi connectivity index (χ1v) is 12.6. The second-order valence-corrected chi connectivity index (χ2v) is 10.6. The molecule has 2 aromatic heterocycles. The van der Waals surface area contributed by atoms with E-state index in [0.29, 0.717) is 5.56 Å². The summed E-state index contributed by atoms with van der Waals surface area (Å²) in [6, 6.07) is 5.90. The molecule has 1 aliphatic heterocycles. The molecule has 0 aliphatic carbocycles. The molecule has 15 heteroatoms. The molecule has 1 saturated heterocycles. The highest BCUT2D eigenvalue weighted by atomic mass is 32.2. The Morgan fingerprint density at radius 2 is 1.89 bits per heavy atom. The van der Waals surface area contributed by atoms with Gasteiger partial charge in [-0.1, -0.05) is 0 Å². The summed E-state index contributed by atoms with van der Waals surface area (Å²) in [6.07, 6.45) is -4.27. The highest BCUT2D eigenvalue weighted by Crippen LogP contribution is 2.36. The Morgan fingerprint density at radius 1 is 1.21 bits per heavy atom. The van der Waals surface area contributed by atoms with E-state index in [1.807, 2.05) is 0 Å². The van der Waals surface area contributed by atoms with Crippen LogP contribution in [0.5, 0.6) is 5.88 Å². The zero-order chi connectivity index (χ0) is 27.9. The van der Waals surface area contributed by atoms with Crippen molar-refractivity contribution in [1.82, 2.24) is 24.4 Å². The van der Waals surface area contributed by atoms with Crippen LogP contribution in [0.2, 0.25) is 0 Å². The van der Waals surface area contributed by atoms with Crippen molar-refractivity contribution in [3.63, 3.8) is 0 Å². The van der Waals surface area contributed by atoms with E-state index in [9.17, 15) is 35.2 Å². The average molecular weight is 560 g/mol. The lowest BCUT2D eigenvalue weighted by Gasteiger charge is -2.32. The zero-order valence-corrected chi connectivity index (χ0v) is 20.9. The Kier molecular flexibility index (Phi) is 7.18. The number of ether oxygens (including phenoxy) is 1. The van der Waals surface area contributed by atoms with Crippen molar-refractivity contribution in [2.75, 3.05) is 13.7 Å². The van der Waals surface area contributed by atoms with Gasteiger partial charge in [0.05, 0.1) is 29.5 Å². The van der Waals surface area contributed by atoms with Crippen molar-refractivity contribution in [3.8, 4) is 11.6 Å². The van der Waals surface area contributed by atoms with E-state index in [-0.39, 0.29) is 23.0 Å². The lowest BCUT2D eigenvalue weighted by Crippen LogP contribution is -2.55. The van der Waals surface area contributed by atoms with E-state index in [4.69, 9.17) is 4.74 Å². The predicted molar refractivity (Wildman–Crippen MR) is 123 cm³/mol. The number of alkyl halides is 4. The Labute approximate surface area is 214 Å². The van der Waals surface area contributed by atoms with Crippen LogP contribution in [-0.2, 0) is 27.5 Å². The number of hydrogen-bond donors (Lipinski definition) is 1. The molecule has 0 unspecified atom stereocenters. The van der Waals surface area contributed by atoms with Crippen molar-refractivity contribution >= 4 is 15.9 Å². The van der Waals surface area contributed by atoms with Crippen molar-refractivity contribution in [2.24, 2.45) is 0 Å². The molecule has 3 aromatic rings.